The molecule has 0 spiro atoms. The van der Waals surface area contributed by atoms with Gasteiger partial charge in [0, 0.05) is 23.3 Å². The fourth-order valence-electron chi connectivity index (χ4n) is 2.72. The van der Waals surface area contributed by atoms with Gasteiger partial charge in [0.15, 0.2) is 23.9 Å². The van der Waals surface area contributed by atoms with Crippen molar-refractivity contribution >= 4 is 29.0 Å². The number of amides is 1. The highest BCUT2D eigenvalue weighted by molar-refractivity contribution is 6.05. The zero-order chi connectivity index (χ0) is 21.1. The summed E-state index contributed by atoms with van der Waals surface area (Å²) >= 11 is 0. The fraction of sp³-hybridized carbons (Fsp3) is 0.211. The molecular weight excluding hydrogens is 384 g/mol. The molecule has 0 bridgehead atoms. The molecule has 10 nitrogen and oxygen atoms in total. The maximum atomic E-state index is 12.2. The molecule has 0 fully saturated rings. The minimum absolute atomic E-state index is 0.0103. The van der Waals surface area contributed by atoms with Gasteiger partial charge in [-0.2, -0.15) is 0 Å². The third kappa shape index (κ3) is 4.32. The molecule has 0 aromatic heterocycles. The van der Waals surface area contributed by atoms with Gasteiger partial charge in [0.25, 0.3) is 11.6 Å². The van der Waals surface area contributed by atoms with E-state index in [1.54, 1.807) is 0 Å². The van der Waals surface area contributed by atoms with Crippen molar-refractivity contribution in [3.63, 3.8) is 0 Å². The molecule has 1 heterocycles. The summed E-state index contributed by atoms with van der Waals surface area (Å²) in [4.78, 5) is 46.4. The minimum atomic E-state index is -0.810. The van der Waals surface area contributed by atoms with Crippen molar-refractivity contribution in [3.05, 3.63) is 57.1 Å². The van der Waals surface area contributed by atoms with Gasteiger partial charge in [-0.25, -0.2) is 4.79 Å². The molecule has 0 saturated carbocycles. The highest BCUT2D eigenvalue weighted by atomic mass is 16.7. The lowest BCUT2D eigenvalue weighted by Gasteiger charge is -2.11. The number of ketones is 1. The number of carbonyl (C=O) groups is 3. The van der Waals surface area contributed by atoms with Crippen LogP contribution in [0.1, 0.15) is 33.2 Å². The molecule has 2 aromatic carbocycles. The summed E-state index contributed by atoms with van der Waals surface area (Å²) in [6.07, 6.45) is 0. The fourth-order valence-corrected chi connectivity index (χ4v) is 2.72. The molecular formula is C19H16N2O8. The number of fused-ring (bicyclic) bond motifs is 1. The Morgan fingerprint density at radius 2 is 1.86 bits per heavy atom. The Morgan fingerprint density at radius 1 is 1.17 bits per heavy atom. The van der Waals surface area contributed by atoms with E-state index in [-0.39, 0.29) is 35.1 Å². The molecule has 3 rings (SSSR count). The number of nitrogens with one attached hydrogen (secondary N) is 1. The first-order valence-electron chi connectivity index (χ1n) is 8.43. The number of hydrogen-bond acceptors (Lipinski definition) is 8. The van der Waals surface area contributed by atoms with Crippen molar-refractivity contribution in [3.8, 4) is 11.5 Å². The Labute approximate surface area is 164 Å². The third-order valence-corrected chi connectivity index (χ3v) is 4.13. The number of rotatable bonds is 6. The first kappa shape index (κ1) is 19.8. The van der Waals surface area contributed by atoms with Gasteiger partial charge >= 0.3 is 5.97 Å². The van der Waals surface area contributed by atoms with Crippen LogP contribution in [0.3, 0.4) is 0 Å². The van der Waals surface area contributed by atoms with Crippen LogP contribution >= 0.6 is 0 Å². The van der Waals surface area contributed by atoms with Gasteiger partial charge in [0.1, 0.15) is 0 Å². The molecule has 1 amide bonds. The van der Waals surface area contributed by atoms with Crippen molar-refractivity contribution < 1.29 is 33.5 Å². The van der Waals surface area contributed by atoms with Crippen LogP contribution in [0.5, 0.6) is 11.5 Å². The second kappa shape index (κ2) is 7.97. The average molecular weight is 400 g/mol. The van der Waals surface area contributed by atoms with E-state index in [1.807, 2.05) is 0 Å². The Balaban J connectivity index is 1.66. The molecule has 0 unspecified atom stereocenters. The van der Waals surface area contributed by atoms with E-state index >= 15 is 0 Å². The minimum Gasteiger partial charge on any atom is -0.454 e. The predicted octanol–water partition coefficient (Wildman–Crippen LogP) is 2.63. The number of nitrogens with zero attached hydrogens (tertiary/aromatic N) is 1. The highest BCUT2D eigenvalue weighted by Crippen LogP contribution is 2.37. The van der Waals surface area contributed by atoms with E-state index in [4.69, 9.17) is 14.2 Å². The molecule has 0 radical (unpaired) electrons. The highest BCUT2D eigenvalue weighted by Gasteiger charge is 2.21. The Kier molecular flexibility index (Phi) is 5.44. The number of anilines is 1. The van der Waals surface area contributed by atoms with E-state index in [2.05, 4.69) is 5.32 Å². The van der Waals surface area contributed by atoms with Gasteiger partial charge in [-0.3, -0.25) is 19.7 Å². The summed E-state index contributed by atoms with van der Waals surface area (Å²) < 4.78 is 15.4. The largest absolute Gasteiger partial charge is 0.454 e. The van der Waals surface area contributed by atoms with Gasteiger partial charge < -0.3 is 19.5 Å². The van der Waals surface area contributed by atoms with Gasteiger partial charge in [0.05, 0.1) is 16.2 Å². The smallest absolute Gasteiger partial charge is 0.338 e. The number of aryl methyl sites for hydroxylation is 1. The number of Topliss-reactive ketones (excluding diaryl/α,β-unsaturated/α-hetero) is 1. The van der Waals surface area contributed by atoms with Crippen LogP contribution in [0.15, 0.2) is 30.3 Å². The summed E-state index contributed by atoms with van der Waals surface area (Å²) in [5.41, 5.74) is 0.668. The van der Waals surface area contributed by atoms with E-state index in [1.165, 1.54) is 44.2 Å². The van der Waals surface area contributed by atoms with Crippen LogP contribution in [0.2, 0.25) is 0 Å². The Hall–Kier alpha value is -3.95. The van der Waals surface area contributed by atoms with Crippen molar-refractivity contribution in [1.82, 2.24) is 0 Å². The number of carbonyl (C=O) groups excluding carboxylic acids is 3. The number of hydrogen-bond donors (Lipinski definition) is 1. The third-order valence-electron chi connectivity index (χ3n) is 4.13. The zero-order valence-corrected chi connectivity index (χ0v) is 15.5. The number of benzene rings is 2. The quantitative estimate of drug-likeness (QED) is 0.338. The van der Waals surface area contributed by atoms with Crippen LogP contribution in [0, 0.1) is 17.0 Å². The molecule has 0 aliphatic carbocycles. The molecule has 1 aliphatic heterocycles. The molecule has 10 heteroatoms. The van der Waals surface area contributed by atoms with Crippen molar-refractivity contribution in [1.29, 1.82) is 0 Å². The molecule has 0 atom stereocenters. The number of nitro groups is 1. The van der Waals surface area contributed by atoms with E-state index in [9.17, 15) is 24.5 Å². The topological polar surface area (TPSA) is 134 Å². The predicted molar refractivity (Wildman–Crippen MR) is 99.3 cm³/mol. The molecule has 2 aromatic rings. The van der Waals surface area contributed by atoms with E-state index in [0.717, 1.165) is 0 Å². The summed E-state index contributed by atoms with van der Waals surface area (Å²) in [6.45, 7) is 2.23. The normalized spacial score (nSPS) is 11.7. The van der Waals surface area contributed by atoms with Crippen LogP contribution in [0.25, 0.3) is 0 Å². The number of nitro benzene ring substituents is 1. The molecule has 29 heavy (non-hydrogen) atoms. The van der Waals surface area contributed by atoms with Crippen LogP contribution in [-0.4, -0.2) is 36.0 Å². The van der Waals surface area contributed by atoms with Gasteiger partial charge in [-0.05, 0) is 32.0 Å². The van der Waals surface area contributed by atoms with Gasteiger partial charge in [-0.15, -0.1) is 0 Å². The maximum Gasteiger partial charge on any atom is 0.338 e. The Morgan fingerprint density at radius 3 is 2.48 bits per heavy atom. The lowest BCUT2D eigenvalue weighted by atomic mass is 10.1. The van der Waals surface area contributed by atoms with Crippen molar-refractivity contribution in [2.45, 2.75) is 13.8 Å². The average Bonchev–Trinajstić information content (AvgIpc) is 3.12. The number of ether oxygens (including phenoxy) is 3. The number of esters is 1. The van der Waals surface area contributed by atoms with Crippen LogP contribution < -0.4 is 14.8 Å². The molecule has 1 aliphatic rings. The van der Waals surface area contributed by atoms with Crippen molar-refractivity contribution in [2.24, 2.45) is 0 Å². The maximum absolute atomic E-state index is 12.2. The van der Waals surface area contributed by atoms with Gasteiger partial charge in [0.2, 0.25) is 6.79 Å². The summed E-state index contributed by atoms with van der Waals surface area (Å²) in [5, 5.41) is 13.3. The standard InChI is InChI=1S/C19H16N2O8/c1-10-5-12(3-4-15(10)21(25)26)19(24)27-8-18(23)20-14-7-17-16(28-9-29-17)6-13(14)11(2)22/h3-7H,8-9H2,1-2H3,(H,20,23). The lowest BCUT2D eigenvalue weighted by Crippen LogP contribution is -2.22. The van der Waals surface area contributed by atoms with Crippen LogP contribution in [-0.2, 0) is 9.53 Å². The van der Waals surface area contributed by atoms with Crippen molar-refractivity contribution in [2.75, 3.05) is 18.7 Å². The first-order valence-corrected chi connectivity index (χ1v) is 8.43. The summed E-state index contributed by atoms with van der Waals surface area (Å²) in [6, 6.07) is 6.67. The monoisotopic (exact) mass is 400 g/mol. The van der Waals surface area contributed by atoms with E-state index < -0.39 is 23.4 Å². The Bertz CT molecular complexity index is 1030. The second-order valence-electron chi connectivity index (χ2n) is 6.19. The van der Waals surface area contributed by atoms with E-state index in [0.29, 0.717) is 17.1 Å². The molecule has 1 N–H and O–H groups in total. The summed E-state index contributed by atoms with van der Waals surface area (Å²) in [7, 11) is 0. The second-order valence-corrected chi connectivity index (χ2v) is 6.19. The first-order chi connectivity index (χ1) is 13.8. The SMILES string of the molecule is CC(=O)c1cc2c(cc1NC(=O)COC(=O)c1ccc([N+](=O)[O-])c(C)c1)OCO2. The van der Waals surface area contributed by atoms with Crippen LogP contribution in [0.4, 0.5) is 11.4 Å². The lowest BCUT2D eigenvalue weighted by molar-refractivity contribution is -0.385. The van der Waals surface area contributed by atoms with Gasteiger partial charge in [-0.1, -0.05) is 0 Å². The zero-order valence-electron chi connectivity index (χ0n) is 15.5. The molecule has 150 valence electrons. The summed E-state index contributed by atoms with van der Waals surface area (Å²) in [5.74, 6) is -0.997. The molecule has 0 saturated heterocycles.